The van der Waals surface area contributed by atoms with Gasteiger partial charge in [0.15, 0.2) is 0 Å². The maximum atomic E-state index is 3.51. The lowest BCUT2D eigenvalue weighted by molar-refractivity contribution is 0.734. The van der Waals surface area contributed by atoms with Crippen LogP contribution in [0.1, 0.15) is 48.4 Å². The Morgan fingerprint density at radius 2 is 1.70 bits per heavy atom. The van der Waals surface area contributed by atoms with Gasteiger partial charge in [-0.1, -0.05) is 49.7 Å². The van der Waals surface area contributed by atoms with Crippen LogP contribution in [-0.4, -0.2) is 0 Å². The number of nitrogens with one attached hydrogen (secondary N) is 1. The molecule has 2 rings (SSSR count). The van der Waals surface area contributed by atoms with Crippen LogP contribution in [0.5, 0.6) is 0 Å². The van der Waals surface area contributed by atoms with Gasteiger partial charge in [-0.05, 0) is 55.0 Å². The van der Waals surface area contributed by atoms with Gasteiger partial charge in [0.1, 0.15) is 0 Å². The van der Waals surface area contributed by atoms with Crippen LogP contribution >= 0.6 is 0 Å². The van der Waals surface area contributed by atoms with E-state index in [0.29, 0.717) is 5.92 Å². The lowest BCUT2D eigenvalue weighted by atomic mass is 9.98. The maximum Gasteiger partial charge on any atom is 0.0403 e. The fourth-order valence-electron chi connectivity index (χ4n) is 2.35. The number of hydrogen-bond acceptors (Lipinski definition) is 1. The summed E-state index contributed by atoms with van der Waals surface area (Å²) in [4.78, 5) is 0. The number of aryl methyl sites for hydroxylation is 2. The molecule has 2 aromatic carbocycles. The van der Waals surface area contributed by atoms with Gasteiger partial charge in [-0.2, -0.15) is 0 Å². The molecule has 20 heavy (non-hydrogen) atoms. The molecule has 0 aromatic heterocycles. The summed E-state index contributed by atoms with van der Waals surface area (Å²) in [6.45, 7) is 9.71. The van der Waals surface area contributed by atoms with E-state index in [-0.39, 0.29) is 0 Å². The number of hydrogen-bond donors (Lipinski definition) is 1. The third-order valence-corrected chi connectivity index (χ3v) is 4.08. The summed E-state index contributed by atoms with van der Waals surface area (Å²) in [6.07, 6.45) is 1.19. The molecule has 0 radical (unpaired) electrons. The summed E-state index contributed by atoms with van der Waals surface area (Å²) in [5.74, 6) is 0.642. The van der Waals surface area contributed by atoms with E-state index in [2.05, 4.69) is 75.5 Å². The van der Waals surface area contributed by atoms with Crippen LogP contribution < -0.4 is 5.32 Å². The Bertz CT molecular complexity index is 554. The molecule has 0 aliphatic heterocycles. The first-order valence-electron chi connectivity index (χ1n) is 7.50. The average Bonchev–Trinajstić information content (AvgIpc) is 2.48. The normalized spacial score (nSPS) is 12.2. The van der Waals surface area contributed by atoms with Crippen molar-refractivity contribution in [2.75, 3.05) is 5.32 Å². The van der Waals surface area contributed by atoms with Crippen LogP contribution in [-0.2, 0) is 6.54 Å². The second-order valence-corrected chi connectivity index (χ2v) is 5.71. The highest BCUT2D eigenvalue weighted by atomic mass is 14.9. The molecule has 1 atom stereocenters. The minimum Gasteiger partial charge on any atom is -0.381 e. The maximum absolute atomic E-state index is 3.51. The van der Waals surface area contributed by atoms with E-state index in [1.165, 1.54) is 34.4 Å². The van der Waals surface area contributed by atoms with Crippen molar-refractivity contribution in [1.29, 1.82) is 0 Å². The molecule has 1 heteroatoms. The number of anilines is 1. The summed E-state index contributed by atoms with van der Waals surface area (Å²) in [7, 11) is 0. The van der Waals surface area contributed by atoms with E-state index in [1.807, 2.05) is 0 Å². The molecule has 2 aromatic rings. The lowest BCUT2D eigenvalue weighted by Gasteiger charge is -2.12. The topological polar surface area (TPSA) is 12.0 Å². The van der Waals surface area contributed by atoms with E-state index in [9.17, 15) is 0 Å². The molecule has 1 unspecified atom stereocenters. The minimum atomic E-state index is 0.642. The van der Waals surface area contributed by atoms with Crippen molar-refractivity contribution in [1.82, 2.24) is 0 Å². The van der Waals surface area contributed by atoms with Crippen LogP contribution in [0.4, 0.5) is 5.69 Å². The van der Waals surface area contributed by atoms with Crippen molar-refractivity contribution in [2.45, 2.75) is 46.6 Å². The van der Waals surface area contributed by atoms with E-state index in [0.717, 1.165) is 6.54 Å². The van der Waals surface area contributed by atoms with Gasteiger partial charge in [-0.25, -0.2) is 0 Å². The van der Waals surface area contributed by atoms with Crippen LogP contribution in [0.15, 0.2) is 42.5 Å². The summed E-state index contributed by atoms with van der Waals surface area (Å²) in [6, 6.07) is 15.5. The molecule has 0 amide bonds. The van der Waals surface area contributed by atoms with Crippen molar-refractivity contribution in [3.05, 3.63) is 64.7 Å². The first-order chi connectivity index (χ1) is 9.60. The smallest absolute Gasteiger partial charge is 0.0403 e. The second-order valence-electron chi connectivity index (χ2n) is 5.71. The lowest BCUT2D eigenvalue weighted by Crippen LogP contribution is -2.02. The van der Waals surface area contributed by atoms with Gasteiger partial charge in [0.25, 0.3) is 0 Å². The Kier molecular flexibility index (Phi) is 4.84. The van der Waals surface area contributed by atoms with Crippen molar-refractivity contribution in [3.8, 4) is 0 Å². The van der Waals surface area contributed by atoms with E-state index >= 15 is 0 Å². The molecule has 0 heterocycles. The minimum absolute atomic E-state index is 0.642. The van der Waals surface area contributed by atoms with Crippen LogP contribution in [0.2, 0.25) is 0 Å². The van der Waals surface area contributed by atoms with Gasteiger partial charge >= 0.3 is 0 Å². The Morgan fingerprint density at radius 3 is 2.35 bits per heavy atom. The fourth-order valence-corrected chi connectivity index (χ4v) is 2.35. The predicted molar refractivity (Wildman–Crippen MR) is 88.4 cm³/mol. The molecule has 0 saturated carbocycles. The quantitative estimate of drug-likeness (QED) is 0.761. The highest BCUT2D eigenvalue weighted by Crippen LogP contribution is 2.21. The molecule has 0 aliphatic rings. The molecule has 106 valence electrons. The Balaban J connectivity index is 2.02. The summed E-state index contributed by atoms with van der Waals surface area (Å²) < 4.78 is 0. The van der Waals surface area contributed by atoms with Crippen molar-refractivity contribution >= 4 is 5.69 Å². The number of rotatable bonds is 5. The Morgan fingerprint density at radius 1 is 1.00 bits per heavy atom. The SMILES string of the molecule is CCC(C)c1ccc(NCc2cc(C)ccc2C)cc1. The van der Waals surface area contributed by atoms with Gasteiger partial charge in [-0.15, -0.1) is 0 Å². The van der Waals surface area contributed by atoms with Crippen molar-refractivity contribution in [3.63, 3.8) is 0 Å². The Labute approximate surface area is 123 Å². The number of benzene rings is 2. The first kappa shape index (κ1) is 14.6. The van der Waals surface area contributed by atoms with Gasteiger partial charge in [0, 0.05) is 12.2 Å². The highest BCUT2D eigenvalue weighted by Gasteiger charge is 2.03. The molecule has 1 N–H and O–H groups in total. The van der Waals surface area contributed by atoms with Gasteiger partial charge in [0.2, 0.25) is 0 Å². The van der Waals surface area contributed by atoms with Crippen LogP contribution in [0.3, 0.4) is 0 Å². The summed E-state index contributed by atoms with van der Waals surface area (Å²) in [5, 5.41) is 3.51. The molecule has 0 spiro atoms. The zero-order chi connectivity index (χ0) is 14.5. The Hall–Kier alpha value is -1.76. The van der Waals surface area contributed by atoms with Crippen LogP contribution in [0, 0.1) is 13.8 Å². The first-order valence-corrected chi connectivity index (χ1v) is 7.50. The van der Waals surface area contributed by atoms with Gasteiger partial charge in [0.05, 0.1) is 0 Å². The van der Waals surface area contributed by atoms with E-state index < -0.39 is 0 Å². The second kappa shape index (κ2) is 6.60. The third-order valence-electron chi connectivity index (χ3n) is 4.08. The largest absolute Gasteiger partial charge is 0.381 e. The van der Waals surface area contributed by atoms with Crippen LogP contribution in [0.25, 0.3) is 0 Å². The zero-order valence-electron chi connectivity index (χ0n) is 13.0. The average molecular weight is 267 g/mol. The molecule has 0 saturated heterocycles. The summed E-state index contributed by atoms with van der Waals surface area (Å²) >= 11 is 0. The molecule has 0 aliphatic carbocycles. The molecule has 0 fully saturated rings. The fraction of sp³-hybridized carbons (Fsp3) is 0.368. The molecule has 1 nitrogen and oxygen atoms in total. The summed E-state index contributed by atoms with van der Waals surface area (Å²) in [5.41, 5.74) is 6.65. The van der Waals surface area contributed by atoms with Crippen molar-refractivity contribution < 1.29 is 0 Å². The zero-order valence-corrected chi connectivity index (χ0v) is 13.0. The van der Waals surface area contributed by atoms with E-state index in [4.69, 9.17) is 0 Å². The van der Waals surface area contributed by atoms with Gasteiger partial charge < -0.3 is 5.32 Å². The highest BCUT2D eigenvalue weighted by molar-refractivity contribution is 5.46. The van der Waals surface area contributed by atoms with Gasteiger partial charge in [-0.3, -0.25) is 0 Å². The molecular weight excluding hydrogens is 242 g/mol. The molecular formula is C19H25N. The third kappa shape index (κ3) is 3.63. The predicted octanol–water partition coefficient (Wildman–Crippen LogP) is 5.43. The van der Waals surface area contributed by atoms with Crippen molar-refractivity contribution in [2.24, 2.45) is 0 Å². The monoisotopic (exact) mass is 267 g/mol. The molecule has 0 bridgehead atoms. The standard InChI is InChI=1S/C19H25N/c1-5-15(3)17-8-10-19(11-9-17)20-13-18-12-14(2)6-7-16(18)4/h6-12,15,20H,5,13H2,1-4H3. The van der Waals surface area contributed by atoms with E-state index in [1.54, 1.807) is 0 Å².